The van der Waals surface area contributed by atoms with Gasteiger partial charge in [0.15, 0.2) is 0 Å². The van der Waals surface area contributed by atoms with E-state index in [9.17, 15) is 5.11 Å². The zero-order valence-electron chi connectivity index (χ0n) is 9.26. The molecule has 1 atom stereocenters. The topological polar surface area (TPSA) is 32.6 Å². The number of aliphatic hydroxyl groups is 1. The molecule has 0 aromatic carbocycles. The van der Waals surface area contributed by atoms with E-state index in [4.69, 9.17) is 0 Å². The van der Waals surface area contributed by atoms with Crippen LogP contribution in [-0.2, 0) is 0 Å². The minimum absolute atomic E-state index is 0. The molecule has 1 radical (unpaired) electrons. The van der Waals surface area contributed by atoms with Crippen molar-refractivity contribution in [3.63, 3.8) is 0 Å². The predicted molar refractivity (Wildman–Crippen MR) is 53.8 cm³/mol. The second-order valence-corrected chi connectivity index (χ2v) is 3.83. The average molecular weight is 323 g/mol. The van der Waals surface area contributed by atoms with Gasteiger partial charge in [-0.15, -0.1) is 0 Å². The predicted octanol–water partition coefficient (Wildman–Crippen LogP) is 2.41. The summed E-state index contributed by atoms with van der Waals surface area (Å²) in [4.78, 5) is 4.33. The molecule has 1 N–H and O–H groups in total. The van der Waals surface area contributed by atoms with Crippen molar-refractivity contribution in [2.24, 2.45) is 4.99 Å². The van der Waals surface area contributed by atoms with Gasteiger partial charge in [0, 0.05) is 61.1 Å². The van der Waals surface area contributed by atoms with Gasteiger partial charge in [-0.3, -0.25) is 4.99 Å². The maximum absolute atomic E-state index is 9.90. The van der Waals surface area contributed by atoms with E-state index in [0.29, 0.717) is 0 Å². The normalized spacial score (nSPS) is 16.7. The Morgan fingerprint density at radius 1 is 1.46 bits per heavy atom. The molecule has 1 unspecified atom stereocenters. The van der Waals surface area contributed by atoms with Crippen molar-refractivity contribution in [1.82, 2.24) is 0 Å². The fourth-order valence-corrected chi connectivity index (χ4v) is 1.19. The Kier molecular flexibility index (Phi) is 9.60. The summed E-state index contributed by atoms with van der Waals surface area (Å²) < 4.78 is 0. The molecule has 0 heterocycles. The van der Waals surface area contributed by atoms with Crippen LogP contribution in [0.3, 0.4) is 0 Å². The van der Waals surface area contributed by atoms with E-state index in [0.717, 1.165) is 18.6 Å². The van der Waals surface area contributed by atoms with Crippen LogP contribution in [-0.4, -0.2) is 22.5 Å². The molecule has 0 amide bonds. The first-order valence-electron chi connectivity index (χ1n) is 4.67. The minimum Gasteiger partial charge on any atom is -0.384 e. The van der Waals surface area contributed by atoms with Gasteiger partial charge in [0.2, 0.25) is 0 Å². The van der Waals surface area contributed by atoms with Crippen molar-refractivity contribution in [2.75, 3.05) is 0 Å². The molecular formula is C10H21EuNO. The standard InChI is InChI=1S/C10H21NO.Eu/c1-6-7-10(5,12)9(4)11-8(2)3;/h8,12H,6-7H2,1-5H3;. The maximum Gasteiger partial charge on any atom is 0.0991 e. The van der Waals surface area contributed by atoms with Crippen molar-refractivity contribution in [2.45, 2.75) is 59.1 Å². The molecule has 79 valence electrons. The van der Waals surface area contributed by atoms with Gasteiger partial charge < -0.3 is 5.11 Å². The van der Waals surface area contributed by atoms with Gasteiger partial charge in [-0.2, -0.15) is 0 Å². The van der Waals surface area contributed by atoms with Crippen LogP contribution in [0.4, 0.5) is 0 Å². The summed E-state index contributed by atoms with van der Waals surface area (Å²) >= 11 is 0. The first-order valence-corrected chi connectivity index (χ1v) is 4.67. The van der Waals surface area contributed by atoms with E-state index < -0.39 is 5.60 Å². The van der Waals surface area contributed by atoms with E-state index in [2.05, 4.69) is 11.9 Å². The smallest absolute Gasteiger partial charge is 0.0991 e. The van der Waals surface area contributed by atoms with Gasteiger partial charge in [0.05, 0.1) is 5.60 Å². The zero-order chi connectivity index (χ0) is 9.78. The molecule has 2 nitrogen and oxygen atoms in total. The SMILES string of the molecule is CCCC(C)(O)C(C)=NC(C)C.[Eu]. The van der Waals surface area contributed by atoms with Crippen molar-refractivity contribution in [3.8, 4) is 0 Å². The van der Waals surface area contributed by atoms with Crippen LogP contribution >= 0.6 is 0 Å². The molecule has 0 bridgehead atoms. The fourth-order valence-electron chi connectivity index (χ4n) is 1.19. The van der Waals surface area contributed by atoms with Gasteiger partial charge in [-0.1, -0.05) is 13.3 Å². The van der Waals surface area contributed by atoms with Crippen LogP contribution in [0.2, 0.25) is 0 Å². The summed E-state index contributed by atoms with van der Waals surface area (Å²) in [5.41, 5.74) is 0.137. The Hall–Kier alpha value is 1.21. The molecular weight excluding hydrogens is 302 g/mol. The number of aliphatic imine (C=N–C) groups is 1. The van der Waals surface area contributed by atoms with E-state index >= 15 is 0 Å². The van der Waals surface area contributed by atoms with Crippen LogP contribution in [0.15, 0.2) is 4.99 Å². The van der Waals surface area contributed by atoms with Crippen molar-refractivity contribution in [3.05, 3.63) is 0 Å². The van der Waals surface area contributed by atoms with Crippen LogP contribution < -0.4 is 0 Å². The maximum atomic E-state index is 9.90. The second kappa shape index (κ2) is 7.50. The van der Waals surface area contributed by atoms with Crippen molar-refractivity contribution in [1.29, 1.82) is 0 Å². The Morgan fingerprint density at radius 3 is 2.23 bits per heavy atom. The van der Waals surface area contributed by atoms with Gasteiger partial charge >= 0.3 is 0 Å². The second-order valence-electron chi connectivity index (χ2n) is 3.83. The fraction of sp³-hybridized carbons (Fsp3) is 0.900. The third-order valence-electron chi connectivity index (χ3n) is 1.97. The summed E-state index contributed by atoms with van der Waals surface area (Å²) in [6.07, 6.45) is 1.77. The average Bonchev–Trinajstić information content (AvgIpc) is 1.85. The molecule has 0 fully saturated rings. The molecule has 0 aliphatic carbocycles. The molecule has 0 saturated heterocycles. The number of hydrogen-bond acceptors (Lipinski definition) is 2. The van der Waals surface area contributed by atoms with Gasteiger partial charge in [0.1, 0.15) is 0 Å². The summed E-state index contributed by atoms with van der Waals surface area (Å²) in [6.45, 7) is 9.83. The molecule has 3 heteroatoms. The summed E-state index contributed by atoms with van der Waals surface area (Å²) in [5.74, 6) is 0. The quantitative estimate of drug-likeness (QED) is 0.792. The third kappa shape index (κ3) is 7.18. The van der Waals surface area contributed by atoms with Crippen molar-refractivity contribution < 1.29 is 54.5 Å². The Bertz CT molecular complexity index is 164. The van der Waals surface area contributed by atoms with Gasteiger partial charge in [0.25, 0.3) is 0 Å². The van der Waals surface area contributed by atoms with Crippen LogP contribution in [0.1, 0.15) is 47.5 Å². The Labute approximate surface area is 123 Å². The van der Waals surface area contributed by atoms with Crippen LogP contribution in [0.25, 0.3) is 0 Å². The monoisotopic (exact) mass is 324 g/mol. The van der Waals surface area contributed by atoms with Gasteiger partial charge in [-0.25, -0.2) is 0 Å². The molecule has 0 spiro atoms. The summed E-state index contributed by atoms with van der Waals surface area (Å²) in [6, 6.07) is 0.272. The van der Waals surface area contributed by atoms with Gasteiger partial charge in [-0.05, 0) is 34.1 Å². The number of nitrogens with zero attached hydrogens (tertiary/aromatic N) is 1. The largest absolute Gasteiger partial charge is 0.384 e. The molecule has 13 heavy (non-hydrogen) atoms. The Morgan fingerprint density at radius 2 is 1.92 bits per heavy atom. The minimum atomic E-state index is -0.709. The first kappa shape index (κ1) is 16.6. The summed E-state index contributed by atoms with van der Waals surface area (Å²) in [5, 5.41) is 9.90. The van der Waals surface area contributed by atoms with Crippen LogP contribution in [0.5, 0.6) is 0 Å². The van der Waals surface area contributed by atoms with E-state index in [1.807, 2.05) is 27.7 Å². The van der Waals surface area contributed by atoms with E-state index in [1.54, 1.807) is 0 Å². The number of hydrogen-bond donors (Lipinski definition) is 1. The molecule has 0 aromatic heterocycles. The van der Waals surface area contributed by atoms with E-state index in [1.165, 1.54) is 0 Å². The molecule has 0 aliphatic rings. The molecule has 0 aromatic rings. The van der Waals surface area contributed by atoms with E-state index in [-0.39, 0.29) is 55.4 Å². The molecule has 0 aliphatic heterocycles. The zero-order valence-corrected chi connectivity index (χ0v) is 11.7. The summed E-state index contributed by atoms with van der Waals surface area (Å²) in [7, 11) is 0. The molecule has 0 saturated carbocycles. The third-order valence-corrected chi connectivity index (χ3v) is 1.97. The van der Waals surface area contributed by atoms with Crippen LogP contribution in [0, 0.1) is 49.4 Å². The first-order chi connectivity index (χ1) is 5.40. The molecule has 0 rings (SSSR count). The Balaban J connectivity index is 0. The van der Waals surface area contributed by atoms with Crippen molar-refractivity contribution >= 4 is 5.71 Å². The number of rotatable bonds is 4.